The Morgan fingerprint density at radius 3 is 2.30 bits per heavy atom. The highest BCUT2D eigenvalue weighted by atomic mass is 79.9. The summed E-state index contributed by atoms with van der Waals surface area (Å²) in [5.74, 6) is -0.254. The second-order valence-electron chi connectivity index (χ2n) is 9.49. The van der Waals surface area contributed by atoms with Gasteiger partial charge in [-0.2, -0.15) is 0 Å². The second kappa shape index (κ2) is 14.3. The highest BCUT2D eigenvalue weighted by molar-refractivity contribution is 9.10. The first kappa shape index (κ1) is 31.2. The van der Waals surface area contributed by atoms with Crippen molar-refractivity contribution in [2.75, 3.05) is 24.5 Å². The van der Waals surface area contributed by atoms with E-state index in [4.69, 9.17) is 4.74 Å². The number of methoxy groups -OCH3 is 1. The van der Waals surface area contributed by atoms with Crippen molar-refractivity contribution >= 4 is 43.5 Å². The maximum Gasteiger partial charge on any atom is 0.264 e. The van der Waals surface area contributed by atoms with Gasteiger partial charge >= 0.3 is 0 Å². The van der Waals surface area contributed by atoms with Gasteiger partial charge in [-0.1, -0.05) is 59.1 Å². The molecule has 3 rings (SSSR count). The first-order valence-electron chi connectivity index (χ1n) is 13.1. The lowest BCUT2D eigenvalue weighted by atomic mass is 10.1. The van der Waals surface area contributed by atoms with Crippen LogP contribution in [0.4, 0.5) is 5.69 Å². The Morgan fingerprint density at radius 2 is 1.70 bits per heavy atom. The maximum absolute atomic E-state index is 14.0. The molecule has 3 aromatic carbocycles. The fourth-order valence-corrected chi connectivity index (χ4v) is 5.93. The number of sulfonamides is 1. The number of ether oxygens (including phenoxy) is 1. The molecule has 40 heavy (non-hydrogen) atoms. The number of aryl methyl sites for hydroxylation is 1. The molecule has 0 fully saturated rings. The summed E-state index contributed by atoms with van der Waals surface area (Å²) in [6.45, 7) is 5.68. The quantitative estimate of drug-likeness (QED) is 0.259. The minimum absolute atomic E-state index is 0.0608. The van der Waals surface area contributed by atoms with Crippen LogP contribution in [0.2, 0.25) is 0 Å². The van der Waals surface area contributed by atoms with Gasteiger partial charge in [0.2, 0.25) is 11.8 Å². The molecule has 214 valence electrons. The highest BCUT2D eigenvalue weighted by Gasteiger charge is 2.32. The zero-order valence-corrected chi connectivity index (χ0v) is 25.7. The average molecular weight is 631 g/mol. The lowest BCUT2D eigenvalue weighted by Gasteiger charge is -2.32. The van der Waals surface area contributed by atoms with Gasteiger partial charge in [-0.05, 0) is 74.4 Å². The van der Waals surface area contributed by atoms with Crippen LogP contribution in [0.1, 0.15) is 37.8 Å². The molecule has 2 amide bonds. The van der Waals surface area contributed by atoms with Crippen LogP contribution in [0.15, 0.2) is 82.2 Å². The van der Waals surface area contributed by atoms with Gasteiger partial charge in [-0.25, -0.2) is 8.42 Å². The van der Waals surface area contributed by atoms with Crippen LogP contribution >= 0.6 is 15.9 Å². The van der Waals surface area contributed by atoms with Gasteiger partial charge in [0, 0.05) is 17.6 Å². The lowest BCUT2D eigenvalue weighted by Crippen LogP contribution is -2.51. The molecular formula is C30H36BrN3O5S. The summed E-state index contributed by atoms with van der Waals surface area (Å²) in [6.07, 6.45) is 1.74. The number of benzene rings is 3. The third kappa shape index (κ3) is 8.08. The third-order valence-electron chi connectivity index (χ3n) is 6.49. The summed E-state index contributed by atoms with van der Waals surface area (Å²) in [4.78, 5) is 28.5. The summed E-state index contributed by atoms with van der Waals surface area (Å²) in [6, 6.07) is 19.5. The first-order chi connectivity index (χ1) is 19.1. The molecule has 8 nitrogen and oxygen atoms in total. The van der Waals surface area contributed by atoms with E-state index in [0.717, 1.165) is 32.7 Å². The van der Waals surface area contributed by atoms with Crippen LogP contribution in [0.25, 0.3) is 0 Å². The van der Waals surface area contributed by atoms with Gasteiger partial charge in [-0.3, -0.25) is 13.9 Å². The van der Waals surface area contributed by atoms with Gasteiger partial charge in [0.15, 0.2) is 0 Å². The fraction of sp³-hybridized carbons (Fsp3) is 0.333. The molecule has 0 unspecified atom stereocenters. The van der Waals surface area contributed by atoms with Crippen LogP contribution in [0, 0.1) is 6.92 Å². The van der Waals surface area contributed by atoms with Crippen LogP contribution < -0.4 is 14.4 Å². The minimum atomic E-state index is -4.13. The molecule has 0 aliphatic carbocycles. The van der Waals surface area contributed by atoms with E-state index in [1.807, 2.05) is 38.1 Å². The monoisotopic (exact) mass is 629 g/mol. The first-order valence-corrected chi connectivity index (χ1v) is 15.3. The van der Waals surface area contributed by atoms with E-state index in [1.165, 1.54) is 24.1 Å². The number of hydrogen-bond donors (Lipinski definition) is 1. The molecule has 0 spiro atoms. The number of halogens is 1. The molecular weight excluding hydrogens is 594 g/mol. The van der Waals surface area contributed by atoms with E-state index in [2.05, 4.69) is 21.2 Å². The van der Waals surface area contributed by atoms with Crippen LogP contribution in [0.5, 0.6) is 5.75 Å². The molecule has 0 saturated heterocycles. The zero-order valence-electron chi connectivity index (χ0n) is 23.3. The Bertz CT molecular complexity index is 1400. The molecule has 1 N–H and O–H groups in total. The number of anilines is 1. The smallest absolute Gasteiger partial charge is 0.264 e. The third-order valence-corrected chi connectivity index (χ3v) is 8.77. The van der Waals surface area contributed by atoms with Crippen molar-refractivity contribution in [3.8, 4) is 5.75 Å². The number of amides is 2. The standard InChI is InChI=1S/C30H36BrN3O5S/c1-5-6-18-32-30(36)23(3)33(20-24-8-7-9-25(31)19-24)29(35)21-34(26-12-14-27(39-4)15-13-26)40(37,38)28-16-10-22(2)11-17-28/h7-17,19,23H,5-6,18,20-21H2,1-4H3,(H,32,36)/t23-/m0/s1. The Balaban J connectivity index is 2.00. The fourth-order valence-electron chi connectivity index (χ4n) is 4.07. The second-order valence-corrected chi connectivity index (χ2v) is 12.3. The van der Waals surface area contributed by atoms with Gasteiger partial charge in [0.1, 0.15) is 18.3 Å². The zero-order chi connectivity index (χ0) is 29.3. The largest absolute Gasteiger partial charge is 0.497 e. The number of hydrogen-bond acceptors (Lipinski definition) is 5. The Labute approximate surface area is 245 Å². The van der Waals surface area contributed by atoms with Gasteiger partial charge in [0.25, 0.3) is 10.0 Å². The highest BCUT2D eigenvalue weighted by Crippen LogP contribution is 2.27. The summed E-state index contributed by atoms with van der Waals surface area (Å²) in [7, 11) is -2.61. The van der Waals surface area contributed by atoms with Crippen molar-refractivity contribution in [2.45, 2.75) is 51.1 Å². The number of nitrogens with zero attached hydrogens (tertiary/aromatic N) is 2. The topological polar surface area (TPSA) is 96.0 Å². The van der Waals surface area contributed by atoms with E-state index in [9.17, 15) is 18.0 Å². The van der Waals surface area contributed by atoms with Gasteiger partial charge in [-0.15, -0.1) is 0 Å². The molecule has 0 saturated carbocycles. The number of carbonyl (C=O) groups is 2. The molecule has 0 heterocycles. The predicted octanol–water partition coefficient (Wildman–Crippen LogP) is 5.30. The average Bonchev–Trinajstić information content (AvgIpc) is 2.94. The molecule has 0 aromatic heterocycles. The van der Waals surface area contributed by atoms with Crippen molar-refractivity contribution < 1.29 is 22.7 Å². The van der Waals surface area contributed by atoms with Crippen LogP contribution in [0.3, 0.4) is 0 Å². The number of carbonyl (C=O) groups excluding carboxylic acids is 2. The van der Waals surface area contributed by atoms with Crippen molar-refractivity contribution in [3.63, 3.8) is 0 Å². The molecule has 3 aromatic rings. The van der Waals surface area contributed by atoms with Crippen molar-refractivity contribution in [2.24, 2.45) is 0 Å². The minimum Gasteiger partial charge on any atom is -0.497 e. The Morgan fingerprint density at radius 1 is 1.02 bits per heavy atom. The normalized spacial score (nSPS) is 11.9. The van der Waals surface area contributed by atoms with Crippen LogP contribution in [-0.4, -0.2) is 51.4 Å². The van der Waals surface area contributed by atoms with E-state index in [0.29, 0.717) is 18.0 Å². The lowest BCUT2D eigenvalue weighted by molar-refractivity contribution is -0.139. The summed E-state index contributed by atoms with van der Waals surface area (Å²) >= 11 is 3.46. The van der Waals surface area contributed by atoms with Gasteiger partial charge < -0.3 is 15.0 Å². The number of nitrogens with one attached hydrogen (secondary N) is 1. The Hall–Kier alpha value is -3.37. The van der Waals surface area contributed by atoms with E-state index in [1.54, 1.807) is 43.3 Å². The van der Waals surface area contributed by atoms with E-state index >= 15 is 0 Å². The van der Waals surface area contributed by atoms with Gasteiger partial charge in [0.05, 0.1) is 17.7 Å². The summed E-state index contributed by atoms with van der Waals surface area (Å²) in [5.41, 5.74) is 2.01. The summed E-state index contributed by atoms with van der Waals surface area (Å²) < 4.78 is 34.9. The van der Waals surface area contributed by atoms with Crippen molar-refractivity contribution in [3.05, 3.63) is 88.4 Å². The maximum atomic E-state index is 14.0. The molecule has 0 aliphatic heterocycles. The number of rotatable bonds is 13. The van der Waals surface area contributed by atoms with E-state index < -0.39 is 28.5 Å². The van der Waals surface area contributed by atoms with E-state index in [-0.39, 0.29) is 17.3 Å². The molecule has 0 aliphatic rings. The SMILES string of the molecule is CCCCNC(=O)[C@H](C)N(Cc1cccc(Br)c1)C(=O)CN(c1ccc(OC)cc1)S(=O)(=O)c1ccc(C)cc1. The Kier molecular flexibility index (Phi) is 11.2. The molecule has 10 heteroatoms. The molecule has 1 atom stereocenters. The summed E-state index contributed by atoms with van der Waals surface area (Å²) in [5, 5.41) is 2.89. The number of unbranched alkanes of at least 4 members (excludes halogenated alkanes) is 1. The van der Waals surface area contributed by atoms with Crippen LogP contribution in [-0.2, 0) is 26.2 Å². The van der Waals surface area contributed by atoms with Crippen molar-refractivity contribution in [1.29, 1.82) is 0 Å². The molecule has 0 radical (unpaired) electrons. The van der Waals surface area contributed by atoms with Crippen molar-refractivity contribution in [1.82, 2.24) is 10.2 Å². The predicted molar refractivity (Wildman–Crippen MR) is 161 cm³/mol. The molecule has 0 bridgehead atoms.